The van der Waals surface area contributed by atoms with Crippen molar-refractivity contribution in [2.24, 2.45) is 0 Å². The third-order valence-electron chi connectivity index (χ3n) is 1.37. The molecule has 1 aromatic heterocycles. The summed E-state index contributed by atoms with van der Waals surface area (Å²) in [4.78, 5) is 13.4. The summed E-state index contributed by atoms with van der Waals surface area (Å²) in [6, 6.07) is 0. The van der Waals surface area contributed by atoms with Crippen molar-refractivity contribution in [2.75, 3.05) is 20.3 Å². The molecule has 0 saturated heterocycles. The Hall–Kier alpha value is -0.650. The number of H-pyrrole nitrogens is 1. The third-order valence-corrected chi connectivity index (χ3v) is 2.09. The lowest BCUT2D eigenvalue weighted by Crippen LogP contribution is -2.19. The highest BCUT2D eigenvalue weighted by Gasteiger charge is 1.94. The first-order valence-electron chi connectivity index (χ1n) is 3.69. The Balaban J connectivity index is 2.20. The van der Waals surface area contributed by atoms with Crippen LogP contribution in [0.5, 0.6) is 0 Å². The number of methoxy groups -OCH3 is 1. The SMILES string of the molecule is COCCNCc1csc(=O)[nH]1. The lowest BCUT2D eigenvalue weighted by Gasteiger charge is -2.00. The largest absolute Gasteiger partial charge is 0.383 e. The summed E-state index contributed by atoms with van der Waals surface area (Å²) < 4.78 is 4.85. The van der Waals surface area contributed by atoms with Gasteiger partial charge in [-0.1, -0.05) is 11.3 Å². The summed E-state index contributed by atoms with van der Waals surface area (Å²) in [6.07, 6.45) is 0. The van der Waals surface area contributed by atoms with Crippen molar-refractivity contribution in [3.8, 4) is 0 Å². The van der Waals surface area contributed by atoms with Gasteiger partial charge in [-0.05, 0) is 0 Å². The van der Waals surface area contributed by atoms with Gasteiger partial charge >= 0.3 is 4.87 Å². The molecule has 0 aliphatic carbocycles. The molecule has 0 spiro atoms. The van der Waals surface area contributed by atoms with Crippen molar-refractivity contribution < 1.29 is 4.74 Å². The van der Waals surface area contributed by atoms with Gasteiger partial charge in [0.1, 0.15) is 0 Å². The van der Waals surface area contributed by atoms with Crippen molar-refractivity contribution >= 4 is 11.3 Å². The van der Waals surface area contributed by atoms with Gasteiger partial charge in [-0.3, -0.25) is 4.79 Å². The molecule has 68 valence electrons. The Kier molecular flexibility index (Phi) is 3.99. The van der Waals surface area contributed by atoms with Crippen LogP contribution in [-0.4, -0.2) is 25.2 Å². The van der Waals surface area contributed by atoms with E-state index in [1.54, 1.807) is 7.11 Å². The Bertz CT molecular complexity index is 268. The fourth-order valence-corrected chi connectivity index (χ4v) is 1.38. The number of hydrogen-bond donors (Lipinski definition) is 2. The second-order valence-electron chi connectivity index (χ2n) is 2.34. The smallest absolute Gasteiger partial charge is 0.304 e. The highest BCUT2D eigenvalue weighted by atomic mass is 32.1. The van der Waals surface area contributed by atoms with Gasteiger partial charge in [0.25, 0.3) is 0 Å². The van der Waals surface area contributed by atoms with Gasteiger partial charge in [0, 0.05) is 31.3 Å². The summed E-state index contributed by atoms with van der Waals surface area (Å²) in [5.41, 5.74) is 0.932. The molecule has 1 aromatic rings. The molecule has 0 amide bonds. The van der Waals surface area contributed by atoms with Crippen molar-refractivity contribution in [3.63, 3.8) is 0 Å². The van der Waals surface area contributed by atoms with Gasteiger partial charge < -0.3 is 15.0 Å². The number of thiazole rings is 1. The van der Waals surface area contributed by atoms with Crippen molar-refractivity contribution in [1.29, 1.82) is 0 Å². The number of aromatic amines is 1. The predicted molar refractivity (Wildman–Crippen MR) is 48.5 cm³/mol. The van der Waals surface area contributed by atoms with Crippen molar-refractivity contribution in [3.05, 3.63) is 20.7 Å². The van der Waals surface area contributed by atoms with Crippen LogP contribution in [0.1, 0.15) is 5.69 Å². The second-order valence-corrected chi connectivity index (χ2v) is 3.19. The molecular formula is C7H12N2O2S. The van der Waals surface area contributed by atoms with E-state index in [0.717, 1.165) is 12.2 Å². The summed E-state index contributed by atoms with van der Waals surface area (Å²) in [6.45, 7) is 2.19. The number of rotatable bonds is 5. The Morgan fingerprint density at radius 2 is 2.58 bits per heavy atom. The minimum atomic E-state index is -0.00135. The van der Waals surface area contributed by atoms with Crippen LogP contribution in [0, 0.1) is 0 Å². The second kappa shape index (κ2) is 5.08. The Morgan fingerprint density at radius 3 is 3.17 bits per heavy atom. The molecule has 1 heterocycles. The van der Waals surface area contributed by atoms with Crippen LogP contribution in [0.3, 0.4) is 0 Å². The Labute approximate surface area is 74.6 Å². The van der Waals surface area contributed by atoms with E-state index >= 15 is 0 Å². The zero-order valence-corrected chi connectivity index (χ0v) is 7.74. The van der Waals surface area contributed by atoms with Crippen LogP contribution >= 0.6 is 11.3 Å². The first-order chi connectivity index (χ1) is 5.83. The van der Waals surface area contributed by atoms with Crippen LogP contribution in [0.25, 0.3) is 0 Å². The van der Waals surface area contributed by atoms with E-state index in [1.807, 2.05) is 5.38 Å². The van der Waals surface area contributed by atoms with Gasteiger partial charge in [0.15, 0.2) is 0 Å². The zero-order valence-electron chi connectivity index (χ0n) is 6.92. The molecule has 0 fully saturated rings. The third kappa shape index (κ3) is 3.17. The highest BCUT2D eigenvalue weighted by molar-refractivity contribution is 7.07. The van der Waals surface area contributed by atoms with Crippen molar-refractivity contribution in [1.82, 2.24) is 10.3 Å². The summed E-state index contributed by atoms with van der Waals surface area (Å²) in [5.74, 6) is 0. The standard InChI is InChI=1S/C7H12N2O2S/c1-11-3-2-8-4-6-5-12-7(10)9-6/h5,8H,2-4H2,1H3,(H,9,10). The van der Waals surface area contributed by atoms with Gasteiger partial charge in [-0.2, -0.15) is 0 Å². The summed E-state index contributed by atoms with van der Waals surface area (Å²) in [5, 5.41) is 4.95. The lowest BCUT2D eigenvalue weighted by molar-refractivity contribution is 0.199. The molecule has 0 bridgehead atoms. The van der Waals surface area contributed by atoms with E-state index in [9.17, 15) is 4.79 Å². The molecule has 2 N–H and O–H groups in total. The van der Waals surface area contributed by atoms with Gasteiger partial charge in [0.2, 0.25) is 0 Å². The molecule has 0 aromatic carbocycles. The van der Waals surface area contributed by atoms with Crippen LogP contribution < -0.4 is 10.2 Å². The van der Waals surface area contributed by atoms with Crippen LogP contribution in [-0.2, 0) is 11.3 Å². The summed E-state index contributed by atoms with van der Waals surface area (Å²) in [7, 11) is 1.66. The number of ether oxygens (including phenoxy) is 1. The van der Waals surface area contributed by atoms with E-state index in [2.05, 4.69) is 10.3 Å². The van der Waals surface area contributed by atoms with Gasteiger partial charge in [0.05, 0.1) is 6.61 Å². The van der Waals surface area contributed by atoms with E-state index in [1.165, 1.54) is 11.3 Å². The molecule has 0 radical (unpaired) electrons. The first kappa shape index (κ1) is 9.44. The minimum Gasteiger partial charge on any atom is -0.383 e. The van der Waals surface area contributed by atoms with Crippen LogP contribution in [0.2, 0.25) is 0 Å². The van der Waals surface area contributed by atoms with E-state index in [4.69, 9.17) is 4.74 Å². The molecule has 0 aliphatic rings. The molecule has 5 heteroatoms. The fourth-order valence-electron chi connectivity index (χ4n) is 0.798. The molecule has 0 saturated carbocycles. The number of hydrogen-bond acceptors (Lipinski definition) is 4. The molecule has 1 rings (SSSR count). The normalized spacial score (nSPS) is 10.4. The first-order valence-corrected chi connectivity index (χ1v) is 4.57. The number of aromatic nitrogens is 1. The van der Waals surface area contributed by atoms with Crippen LogP contribution in [0.4, 0.5) is 0 Å². The average molecular weight is 188 g/mol. The molecule has 0 atom stereocenters. The zero-order chi connectivity index (χ0) is 8.81. The topological polar surface area (TPSA) is 54.1 Å². The predicted octanol–water partition coefficient (Wildman–Crippen LogP) is 0.172. The Morgan fingerprint density at radius 1 is 1.75 bits per heavy atom. The lowest BCUT2D eigenvalue weighted by atomic mass is 10.5. The van der Waals surface area contributed by atoms with Gasteiger partial charge in [-0.15, -0.1) is 0 Å². The van der Waals surface area contributed by atoms with Crippen LogP contribution in [0.15, 0.2) is 10.2 Å². The maximum Gasteiger partial charge on any atom is 0.304 e. The molecule has 12 heavy (non-hydrogen) atoms. The minimum absolute atomic E-state index is 0.00135. The quantitative estimate of drug-likeness (QED) is 0.648. The van der Waals surface area contributed by atoms with Crippen molar-refractivity contribution in [2.45, 2.75) is 6.54 Å². The summed E-state index contributed by atoms with van der Waals surface area (Å²) >= 11 is 1.19. The highest BCUT2D eigenvalue weighted by Crippen LogP contribution is 1.93. The number of nitrogens with one attached hydrogen (secondary N) is 2. The molecule has 0 unspecified atom stereocenters. The molecule has 4 nitrogen and oxygen atoms in total. The molecular weight excluding hydrogens is 176 g/mol. The fraction of sp³-hybridized carbons (Fsp3) is 0.571. The van der Waals surface area contributed by atoms with E-state index in [0.29, 0.717) is 13.2 Å². The maximum atomic E-state index is 10.7. The average Bonchev–Trinajstić information content (AvgIpc) is 2.45. The monoisotopic (exact) mass is 188 g/mol. The maximum absolute atomic E-state index is 10.7. The molecule has 0 aliphatic heterocycles. The van der Waals surface area contributed by atoms with E-state index in [-0.39, 0.29) is 4.87 Å². The van der Waals surface area contributed by atoms with E-state index < -0.39 is 0 Å². The van der Waals surface area contributed by atoms with Gasteiger partial charge in [-0.25, -0.2) is 0 Å².